The molecule has 16 heavy (non-hydrogen) atoms. The van der Waals surface area contributed by atoms with Crippen LogP contribution in [-0.4, -0.2) is 24.6 Å². The van der Waals surface area contributed by atoms with Gasteiger partial charge in [-0.1, -0.05) is 23.2 Å². The highest BCUT2D eigenvalue weighted by Crippen LogP contribution is 2.45. The number of aryl methyl sites for hydroxylation is 1. The molecule has 0 radical (unpaired) electrons. The fourth-order valence-electron chi connectivity index (χ4n) is 1.08. The maximum Gasteiger partial charge on any atom is 0.237 e. The maximum atomic E-state index is 5.97. The topological polar surface area (TPSA) is 31.4 Å². The van der Waals surface area contributed by atoms with Crippen LogP contribution in [0.25, 0.3) is 0 Å². The smallest absolute Gasteiger partial charge is 0.237 e. The second-order valence-corrected chi connectivity index (χ2v) is 6.65. The van der Waals surface area contributed by atoms with E-state index >= 15 is 0 Å². The Bertz CT molecular complexity index is 437. The van der Waals surface area contributed by atoms with E-state index in [4.69, 9.17) is 32.2 Å². The summed E-state index contributed by atoms with van der Waals surface area (Å²) in [5.41, 5.74) is 0.664. The van der Waals surface area contributed by atoms with Crippen molar-refractivity contribution in [2.45, 2.75) is 13.8 Å². The number of rotatable bonds is 4. The zero-order chi connectivity index (χ0) is 12.3. The van der Waals surface area contributed by atoms with E-state index < -0.39 is 7.34 Å². The van der Waals surface area contributed by atoms with Crippen molar-refractivity contribution in [1.82, 2.24) is 4.98 Å². The average Bonchev–Trinajstić information content (AvgIpc) is 2.13. The molecule has 0 aliphatic carbocycles. The van der Waals surface area contributed by atoms with Crippen LogP contribution in [0.5, 0.6) is 5.88 Å². The van der Waals surface area contributed by atoms with E-state index in [1.807, 2.05) is 6.92 Å². The lowest BCUT2D eigenvalue weighted by molar-refractivity contribution is 0.331. The summed E-state index contributed by atoms with van der Waals surface area (Å²) in [4.78, 5) is 4.16. The molecule has 0 spiro atoms. The van der Waals surface area contributed by atoms with E-state index in [9.17, 15) is 0 Å². The van der Waals surface area contributed by atoms with Gasteiger partial charge in [-0.05, 0) is 26.2 Å². The summed E-state index contributed by atoms with van der Waals surface area (Å²) >= 11 is 11.8. The molecule has 0 saturated carbocycles. The summed E-state index contributed by atoms with van der Waals surface area (Å²) in [7, 11) is -2.17. The summed E-state index contributed by atoms with van der Waals surface area (Å²) in [6, 6.07) is 1.60. The summed E-state index contributed by atoms with van der Waals surface area (Å²) in [5, 5.41) is 0.878. The first-order valence-corrected chi connectivity index (χ1v) is 7.74. The number of hydrogen-bond acceptors (Lipinski definition) is 3. The first-order valence-electron chi connectivity index (χ1n) is 4.73. The highest BCUT2D eigenvalue weighted by molar-refractivity contribution is 7.64. The molecule has 0 aliphatic heterocycles. The third kappa shape index (κ3) is 3.67. The summed E-state index contributed by atoms with van der Waals surface area (Å²) in [6.07, 6.45) is 3.88. The highest BCUT2D eigenvalue weighted by atomic mass is 35.5. The molecule has 1 heterocycles. The fourth-order valence-corrected chi connectivity index (χ4v) is 2.64. The van der Waals surface area contributed by atoms with Crippen LogP contribution in [0.2, 0.25) is 10.0 Å². The summed E-state index contributed by atoms with van der Waals surface area (Å²) in [6.45, 7) is 6.01. The molecule has 90 valence electrons. The van der Waals surface area contributed by atoms with Gasteiger partial charge in [-0.25, -0.2) is 4.98 Å². The van der Waals surface area contributed by atoms with Crippen LogP contribution >= 0.6 is 30.5 Å². The second-order valence-electron chi connectivity index (χ2n) is 3.37. The molecule has 1 aromatic heterocycles. The largest absolute Gasteiger partial charge is 0.434 e. The lowest BCUT2D eigenvalue weighted by Gasteiger charge is -2.20. The van der Waals surface area contributed by atoms with E-state index in [2.05, 4.69) is 11.3 Å². The maximum absolute atomic E-state index is 5.97. The predicted octanol–water partition coefficient (Wildman–Crippen LogP) is 4.02. The lowest BCUT2D eigenvalue weighted by Crippen LogP contribution is -1.99. The molecular formula is C10H14Cl2NO2P. The predicted molar refractivity (Wildman–Crippen MR) is 71.2 cm³/mol. The van der Waals surface area contributed by atoms with E-state index in [0.717, 1.165) is 0 Å². The minimum atomic E-state index is -2.17. The quantitative estimate of drug-likeness (QED) is 0.781. The Labute approximate surface area is 106 Å². The monoisotopic (exact) mass is 281 g/mol. The molecule has 1 aromatic rings. The van der Waals surface area contributed by atoms with Gasteiger partial charge in [0.25, 0.3) is 0 Å². The van der Waals surface area contributed by atoms with Crippen LogP contribution in [0.4, 0.5) is 0 Å². The number of halogens is 2. The SMILES string of the molecule is C=[P@](C)(OCC)Oc1nc(C)c(Cl)cc1Cl. The van der Waals surface area contributed by atoms with Gasteiger partial charge >= 0.3 is 0 Å². The van der Waals surface area contributed by atoms with Crippen LogP contribution in [0.3, 0.4) is 0 Å². The van der Waals surface area contributed by atoms with Crippen molar-refractivity contribution in [3.63, 3.8) is 0 Å². The molecule has 0 unspecified atom stereocenters. The Morgan fingerprint density at radius 2 is 2.06 bits per heavy atom. The molecule has 0 saturated heterocycles. The molecule has 0 aromatic carbocycles. The van der Waals surface area contributed by atoms with Gasteiger partial charge in [0.15, 0.2) is 7.34 Å². The standard InChI is InChI=1S/C10H14Cl2NO2P/c1-5-14-16(3,4)15-10-9(12)6-8(11)7(2)13-10/h6H,3,5H2,1-2,4H3/t16-/m0/s1. The van der Waals surface area contributed by atoms with Crippen LogP contribution < -0.4 is 4.52 Å². The molecule has 1 atom stereocenters. The van der Waals surface area contributed by atoms with Gasteiger partial charge in [0.05, 0.1) is 17.3 Å². The molecule has 3 nitrogen and oxygen atoms in total. The molecule has 0 amide bonds. The first kappa shape index (κ1) is 13.9. The molecule has 6 heteroatoms. The molecule has 1 rings (SSSR count). The Morgan fingerprint density at radius 1 is 1.44 bits per heavy atom. The average molecular weight is 282 g/mol. The Kier molecular flexibility index (Phi) is 4.69. The summed E-state index contributed by atoms with van der Waals surface area (Å²) in [5.74, 6) is 0.322. The van der Waals surface area contributed by atoms with Crippen molar-refractivity contribution < 1.29 is 9.05 Å². The van der Waals surface area contributed by atoms with Crippen molar-refractivity contribution in [1.29, 1.82) is 0 Å². The van der Waals surface area contributed by atoms with Crippen molar-refractivity contribution in [2.75, 3.05) is 13.3 Å². The van der Waals surface area contributed by atoms with E-state index in [0.29, 0.717) is 28.2 Å². The fraction of sp³-hybridized carbons (Fsp3) is 0.400. The van der Waals surface area contributed by atoms with Crippen LogP contribution in [0.15, 0.2) is 6.07 Å². The number of nitrogens with zero attached hydrogens (tertiary/aromatic N) is 1. The molecule has 0 bridgehead atoms. The van der Waals surface area contributed by atoms with Crippen molar-refractivity contribution >= 4 is 36.8 Å². The Balaban J connectivity index is 2.98. The second kappa shape index (κ2) is 5.42. The van der Waals surface area contributed by atoms with Crippen molar-refractivity contribution in [2.24, 2.45) is 0 Å². The van der Waals surface area contributed by atoms with Gasteiger partial charge in [0.2, 0.25) is 5.88 Å². The van der Waals surface area contributed by atoms with Gasteiger partial charge in [-0.2, -0.15) is 0 Å². The van der Waals surface area contributed by atoms with Crippen LogP contribution in [0, 0.1) is 6.92 Å². The Morgan fingerprint density at radius 3 is 2.62 bits per heavy atom. The lowest BCUT2D eigenvalue weighted by atomic mass is 10.4. The van der Waals surface area contributed by atoms with Gasteiger partial charge in [0, 0.05) is 6.66 Å². The molecule has 0 aliphatic rings. The van der Waals surface area contributed by atoms with Crippen molar-refractivity contribution in [3.05, 3.63) is 21.8 Å². The molecule has 0 fully saturated rings. The molecular weight excluding hydrogens is 268 g/mol. The van der Waals surface area contributed by atoms with Crippen LogP contribution in [-0.2, 0) is 4.52 Å². The highest BCUT2D eigenvalue weighted by Gasteiger charge is 2.14. The van der Waals surface area contributed by atoms with Crippen LogP contribution in [0.1, 0.15) is 12.6 Å². The third-order valence-electron chi connectivity index (χ3n) is 1.75. The van der Waals surface area contributed by atoms with Crippen molar-refractivity contribution in [3.8, 4) is 5.88 Å². The minimum absolute atomic E-state index is 0.322. The number of aromatic nitrogens is 1. The Hall–Kier alpha value is -0.210. The number of pyridine rings is 1. The van der Waals surface area contributed by atoms with Gasteiger partial charge in [-0.3, -0.25) is 0 Å². The molecule has 0 N–H and O–H groups in total. The minimum Gasteiger partial charge on any atom is -0.434 e. The zero-order valence-electron chi connectivity index (χ0n) is 9.46. The third-order valence-corrected chi connectivity index (χ3v) is 3.77. The van der Waals surface area contributed by atoms with Gasteiger partial charge < -0.3 is 9.05 Å². The number of hydrogen-bond donors (Lipinski definition) is 0. The van der Waals surface area contributed by atoms with Gasteiger partial charge in [0.1, 0.15) is 5.02 Å². The van der Waals surface area contributed by atoms with E-state index in [1.165, 1.54) is 0 Å². The zero-order valence-corrected chi connectivity index (χ0v) is 11.9. The summed E-state index contributed by atoms with van der Waals surface area (Å²) < 4.78 is 11.0. The first-order chi connectivity index (χ1) is 7.35. The van der Waals surface area contributed by atoms with E-state index in [-0.39, 0.29) is 0 Å². The van der Waals surface area contributed by atoms with Gasteiger partial charge in [-0.15, -0.1) is 0 Å². The normalized spacial score (nSPS) is 14.6. The van der Waals surface area contributed by atoms with E-state index in [1.54, 1.807) is 19.7 Å².